The Kier molecular flexibility index (Phi) is 4.11. The van der Waals surface area contributed by atoms with E-state index >= 15 is 0 Å². The minimum absolute atomic E-state index is 0.0406. The topological polar surface area (TPSA) is 104 Å². The fourth-order valence-electron chi connectivity index (χ4n) is 2.00. The van der Waals surface area contributed by atoms with Crippen LogP contribution in [0, 0.1) is 5.92 Å². The molecule has 1 aliphatic rings. The van der Waals surface area contributed by atoms with Crippen molar-refractivity contribution >= 4 is 11.9 Å². The molecule has 6 nitrogen and oxygen atoms in total. The van der Waals surface area contributed by atoms with Crippen molar-refractivity contribution in [3.8, 4) is 0 Å². The highest BCUT2D eigenvalue weighted by Gasteiger charge is 2.49. The Morgan fingerprint density at radius 2 is 2.12 bits per heavy atom. The molecule has 1 amide bonds. The highest BCUT2D eigenvalue weighted by atomic mass is 16.4. The number of aliphatic carboxylic acids is 1. The van der Waals surface area contributed by atoms with E-state index in [1.165, 1.54) is 0 Å². The third kappa shape index (κ3) is 2.42. The molecule has 0 aromatic rings. The number of carbonyl (C=O) groups is 2. The number of hydrogen-bond acceptors (Lipinski definition) is 4. The number of carbonyl (C=O) groups excluding carboxylic acids is 1. The van der Waals surface area contributed by atoms with Gasteiger partial charge in [-0.2, -0.15) is 0 Å². The van der Waals surface area contributed by atoms with Crippen molar-refractivity contribution in [1.29, 1.82) is 0 Å². The zero-order chi connectivity index (χ0) is 13.2. The van der Waals surface area contributed by atoms with Crippen molar-refractivity contribution in [3.63, 3.8) is 0 Å². The largest absolute Gasteiger partial charge is 0.478 e. The molecule has 0 aliphatic carbocycles. The van der Waals surface area contributed by atoms with Gasteiger partial charge in [0.1, 0.15) is 0 Å². The van der Waals surface area contributed by atoms with Crippen molar-refractivity contribution in [2.75, 3.05) is 6.54 Å². The third-order valence-corrected chi connectivity index (χ3v) is 3.50. The van der Waals surface area contributed by atoms with Crippen molar-refractivity contribution in [3.05, 3.63) is 0 Å². The van der Waals surface area contributed by atoms with E-state index in [1.807, 2.05) is 13.8 Å². The van der Waals surface area contributed by atoms with Gasteiger partial charge in [-0.25, -0.2) is 4.79 Å². The summed E-state index contributed by atoms with van der Waals surface area (Å²) in [5.74, 6) is -1.91. The predicted molar refractivity (Wildman–Crippen MR) is 61.0 cm³/mol. The number of aliphatic hydroxyl groups is 1. The van der Waals surface area contributed by atoms with E-state index in [1.54, 1.807) is 0 Å². The van der Waals surface area contributed by atoms with Crippen LogP contribution in [0.15, 0.2) is 0 Å². The Morgan fingerprint density at radius 3 is 2.59 bits per heavy atom. The van der Waals surface area contributed by atoms with E-state index in [0.29, 0.717) is 6.42 Å². The van der Waals surface area contributed by atoms with Crippen molar-refractivity contribution in [1.82, 2.24) is 4.90 Å². The molecule has 4 N–H and O–H groups in total. The zero-order valence-corrected chi connectivity index (χ0v) is 10.2. The van der Waals surface area contributed by atoms with Gasteiger partial charge in [-0.3, -0.25) is 4.79 Å². The summed E-state index contributed by atoms with van der Waals surface area (Å²) in [5.41, 5.74) is 3.70. The second kappa shape index (κ2) is 5.01. The Hall–Kier alpha value is -1.14. The average molecular weight is 244 g/mol. The molecule has 6 heteroatoms. The van der Waals surface area contributed by atoms with Crippen LogP contribution in [0.3, 0.4) is 0 Å². The Labute approximate surface area is 100 Å². The van der Waals surface area contributed by atoms with Crippen molar-refractivity contribution in [2.45, 2.75) is 44.9 Å². The van der Waals surface area contributed by atoms with E-state index in [9.17, 15) is 14.7 Å². The number of hydrogen-bond donors (Lipinski definition) is 3. The molecular formula is C11H20N2O4. The van der Waals surface area contributed by atoms with Crippen LogP contribution in [0.25, 0.3) is 0 Å². The molecule has 0 aromatic heterocycles. The maximum Gasteiger partial charge on any atom is 0.357 e. The number of likely N-dealkylation sites (tertiary alicyclic amines) is 1. The lowest BCUT2D eigenvalue weighted by Crippen LogP contribution is -2.58. The molecule has 17 heavy (non-hydrogen) atoms. The molecule has 0 radical (unpaired) electrons. The molecule has 1 aliphatic heterocycles. The van der Waals surface area contributed by atoms with Gasteiger partial charge in [0.15, 0.2) is 0 Å². The summed E-state index contributed by atoms with van der Waals surface area (Å²) in [4.78, 5) is 24.1. The maximum atomic E-state index is 12.0. The first kappa shape index (κ1) is 13.9. The lowest BCUT2D eigenvalue weighted by Gasteiger charge is -2.32. The predicted octanol–water partition coefficient (Wildman–Crippen LogP) is -0.245. The van der Waals surface area contributed by atoms with E-state index in [0.717, 1.165) is 11.3 Å². The number of nitrogens with zero attached hydrogens (tertiary/aromatic N) is 1. The molecule has 0 bridgehead atoms. The summed E-state index contributed by atoms with van der Waals surface area (Å²) >= 11 is 0. The molecular weight excluding hydrogens is 224 g/mol. The van der Waals surface area contributed by atoms with Gasteiger partial charge in [-0.1, -0.05) is 20.3 Å². The van der Waals surface area contributed by atoms with Gasteiger partial charge in [0.2, 0.25) is 11.6 Å². The molecule has 3 atom stereocenters. The Balaban J connectivity index is 2.85. The van der Waals surface area contributed by atoms with Gasteiger partial charge in [0, 0.05) is 13.0 Å². The van der Waals surface area contributed by atoms with Crippen LogP contribution in [-0.4, -0.2) is 45.3 Å². The molecule has 0 spiro atoms. The highest BCUT2D eigenvalue weighted by Crippen LogP contribution is 2.28. The van der Waals surface area contributed by atoms with Gasteiger partial charge >= 0.3 is 5.97 Å². The van der Waals surface area contributed by atoms with Crippen LogP contribution in [-0.2, 0) is 9.59 Å². The molecule has 0 aromatic carbocycles. The van der Waals surface area contributed by atoms with Crippen LogP contribution in [0.4, 0.5) is 0 Å². The van der Waals surface area contributed by atoms with Crippen LogP contribution in [0.5, 0.6) is 0 Å². The highest BCUT2D eigenvalue weighted by molar-refractivity contribution is 5.89. The third-order valence-electron chi connectivity index (χ3n) is 3.50. The quantitative estimate of drug-likeness (QED) is 0.633. The van der Waals surface area contributed by atoms with Crippen LogP contribution in [0.1, 0.15) is 33.1 Å². The lowest BCUT2D eigenvalue weighted by molar-refractivity contribution is -0.183. The lowest BCUT2D eigenvalue weighted by atomic mass is 9.98. The molecule has 98 valence electrons. The molecule has 1 fully saturated rings. The first-order chi connectivity index (χ1) is 7.84. The van der Waals surface area contributed by atoms with E-state index in [4.69, 9.17) is 10.8 Å². The van der Waals surface area contributed by atoms with Gasteiger partial charge in [0.25, 0.3) is 0 Å². The molecule has 1 heterocycles. The second-order valence-electron chi connectivity index (χ2n) is 4.63. The summed E-state index contributed by atoms with van der Waals surface area (Å²) in [5, 5.41) is 18.9. The van der Waals surface area contributed by atoms with E-state index < -0.39 is 23.6 Å². The first-order valence-corrected chi connectivity index (χ1v) is 5.87. The normalized spacial score (nSPS) is 27.9. The fourth-order valence-corrected chi connectivity index (χ4v) is 2.00. The minimum Gasteiger partial charge on any atom is -0.478 e. The number of carboxylic acids is 1. The van der Waals surface area contributed by atoms with Crippen molar-refractivity contribution < 1.29 is 19.8 Å². The Bertz CT molecular complexity index is 321. The zero-order valence-electron chi connectivity index (χ0n) is 10.2. The molecule has 0 saturated carbocycles. The first-order valence-electron chi connectivity index (χ1n) is 5.87. The number of amides is 1. The van der Waals surface area contributed by atoms with Gasteiger partial charge in [-0.05, 0) is 12.3 Å². The smallest absolute Gasteiger partial charge is 0.357 e. The fraction of sp³-hybridized carbons (Fsp3) is 0.818. The molecule has 1 rings (SSSR count). The van der Waals surface area contributed by atoms with Crippen LogP contribution >= 0.6 is 0 Å². The van der Waals surface area contributed by atoms with Crippen molar-refractivity contribution in [2.24, 2.45) is 11.7 Å². The Morgan fingerprint density at radius 1 is 1.53 bits per heavy atom. The van der Waals surface area contributed by atoms with E-state index in [2.05, 4.69) is 0 Å². The van der Waals surface area contributed by atoms with Gasteiger partial charge in [-0.15, -0.1) is 0 Å². The standard InChI is InChI=1S/C11H20N2O4/c1-3-7(2)8(12)9(14)13-6-4-5-11(13,17)10(15)16/h7-8,17H,3-6,12H2,1-2H3,(H,15,16). The van der Waals surface area contributed by atoms with Crippen LogP contribution in [0.2, 0.25) is 0 Å². The summed E-state index contributed by atoms with van der Waals surface area (Å²) in [6.07, 6.45) is 1.26. The minimum atomic E-state index is -2.08. The summed E-state index contributed by atoms with van der Waals surface area (Å²) in [6.45, 7) is 3.98. The SMILES string of the molecule is CCC(C)C(N)C(=O)N1CCCC1(O)C(=O)O. The second-order valence-corrected chi connectivity index (χ2v) is 4.63. The monoisotopic (exact) mass is 244 g/mol. The van der Waals surface area contributed by atoms with Crippen LogP contribution < -0.4 is 5.73 Å². The number of carboxylic acid groups (broad SMARTS) is 1. The number of rotatable bonds is 4. The maximum absolute atomic E-state index is 12.0. The van der Waals surface area contributed by atoms with E-state index in [-0.39, 0.29) is 18.9 Å². The molecule has 3 unspecified atom stereocenters. The van der Waals surface area contributed by atoms with Gasteiger partial charge < -0.3 is 20.8 Å². The summed E-state index contributed by atoms with van der Waals surface area (Å²) in [6, 6.07) is -0.760. The average Bonchev–Trinajstić information content (AvgIpc) is 2.69. The van der Waals surface area contributed by atoms with Gasteiger partial charge in [0.05, 0.1) is 6.04 Å². The summed E-state index contributed by atoms with van der Waals surface area (Å²) in [7, 11) is 0. The number of nitrogens with two attached hydrogens (primary N) is 1. The summed E-state index contributed by atoms with van der Waals surface area (Å²) < 4.78 is 0. The molecule has 1 saturated heterocycles.